The van der Waals surface area contributed by atoms with Gasteiger partial charge >= 0.3 is 13.1 Å². The molecule has 374 valence electrons. The van der Waals surface area contributed by atoms with Gasteiger partial charge in [0.15, 0.2) is 0 Å². The Morgan fingerprint density at radius 2 is 1.26 bits per heavy atom. The van der Waals surface area contributed by atoms with Gasteiger partial charge in [0.05, 0.1) is 24.3 Å². The van der Waals surface area contributed by atoms with Gasteiger partial charge in [0, 0.05) is 12.0 Å². The van der Waals surface area contributed by atoms with E-state index in [9.17, 15) is 28.8 Å². The summed E-state index contributed by atoms with van der Waals surface area (Å²) in [4.78, 5) is 81.6. The van der Waals surface area contributed by atoms with Crippen molar-refractivity contribution in [2.75, 3.05) is 19.7 Å². The number of nitrogens with two attached hydrogens (primary N) is 2. The fraction of sp³-hybridized carbons (Fsp3) is 0.647. The average Bonchev–Trinajstić information content (AvgIpc) is 3.69. The maximum Gasteiger partial charge on any atom is 0.481 e. The van der Waals surface area contributed by atoms with Gasteiger partial charge in [-0.1, -0.05) is 63.6 Å². The van der Waals surface area contributed by atoms with Crippen molar-refractivity contribution in [2.24, 2.45) is 28.7 Å². The Bertz CT molecular complexity index is 2020. The Kier molecular flexibility index (Phi) is 20.0. The summed E-state index contributed by atoms with van der Waals surface area (Å²) in [5.74, 6) is -3.10. The van der Waals surface area contributed by atoms with E-state index in [-0.39, 0.29) is 37.4 Å². The third-order valence-electron chi connectivity index (χ3n) is 14.5. The first-order chi connectivity index (χ1) is 32.4. The van der Waals surface area contributed by atoms with Gasteiger partial charge < -0.3 is 52.1 Å². The highest BCUT2D eigenvalue weighted by atomic mass is 16.7. The summed E-state index contributed by atoms with van der Waals surface area (Å²) in [6, 6.07) is 11.0. The number of benzene rings is 2. The second-order valence-corrected chi connectivity index (χ2v) is 19.8. The van der Waals surface area contributed by atoms with Crippen LogP contribution in [0.3, 0.4) is 0 Å². The van der Waals surface area contributed by atoms with Crippen LogP contribution in [0.1, 0.15) is 141 Å². The van der Waals surface area contributed by atoms with Crippen LogP contribution in [0.4, 0.5) is 0 Å². The van der Waals surface area contributed by atoms with E-state index in [4.69, 9.17) is 25.5 Å². The molecule has 0 spiro atoms. The smallest absolute Gasteiger partial charge is 0.466 e. The van der Waals surface area contributed by atoms with Gasteiger partial charge in [0.2, 0.25) is 23.6 Å². The van der Waals surface area contributed by atoms with E-state index in [1.807, 2.05) is 19.1 Å². The normalized spacial score (nSPS) is 22.2. The summed E-state index contributed by atoms with van der Waals surface area (Å²) < 4.78 is 18.1. The number of nitrogens with one attached hydrogen (secondary N) is 5. The van der Waals surface area contributed by atoms with Gasteiger partial charge in [-0.15, -0.1) is 0 Å². The number of esters is 1. The van der Waals surface area contributed by atoms with Gasteiger partial charge in [0.1, 0.15) is 24.2 Å². The first kappa shape index (κ1) is 54.1. The predicted octanol–water partition coefficient (Wildman–Crippen LogP) is 4.64. The molecule has 9 N–H and O–H groups in total. The fourth-order valence-corrected chi connectivity index (χ4v) is 10.0. The molecule has 2 bridgehead atoms. The lowest BCUT2D eigenvalue weighted by Crippen LogP contribution is -2.65. The number of hydrogen-bond donors (Lipinski definition) is 7. The number of carbonyl (C=O) groups is 6. The molecule has 4 fully saturated rings. The zero-order valence-electron chi connectivity index (χ0n) is 41.5. The summed E-state index contributed by atoms with van der Waals surface area (Å²) in [6.07, 6.45) is 7.66. The van der Waals surface area contributed by atoms with E-state index in [2.05, 4.69) is 78.5 Å². The molecule has 2 aromatic rings. The molecule has 6 rings (SSSR count). The molecular weight excluding hydrogens is 865 g/mol. The molecular formula is C51H78BN7O9. The third-order valence-corrected chi connectivity index (χ3v) is 14.5. The average molecular weight is 944 g/mol. The summed E-state index contributed by atoms with van der Waals surface area (Å²) in [5.41, 5.74) is 14.8. The van der Waals surface area contributed by atoms with Crippen LogP contribution < -0.4 is 38.1 Å². The lowest BCUT2D eigenvalue weighted by atomic mass is 9.43. The highest BCUT2D eigenvalue weighted by Crippen LogP contribution is 2.65. The van der Waals surface area contributed by atoms with Gasteiger partial charge in [0.25, 0.3) is 5.91 Å². The van der Waals surface area contributed by atoms with E-state index in [0.29, 0.717) is 62.6 Å². The van der Waals surface area contributed by atoms with E-state index in [1.165, 1.54) is 12.5 Å². The molecule has 0 radical (unpaired) electrons. The number of rotatable bonds is 27. The number of carbonyl (C=O) groups excluding carboxylic acids is 6. The standard InChI is InChI=1S/C51H78BN7O9/c1-8-10-15-34-18-20-35(21-19-34)36-22-24-37(25-23-36)46(62)58-40(17-12-14-29-54)49(65)59-41(26-27-44(60)66-9-2)47(63)55-32(3)45(61)57-39(16-11-13-28-53)48(64)56-33(4)52-67-43-31-38-30-42(50(38,5)6)51(43,7)68-52/h18-25,32-33,38-43H,8-17,26-31,53-54H2,1-7H3,(H,55,63)(H,56,64)(H,57,61)(H,58,62)(H,59,65)/t32-,33-,38-,39-,40-,41-,42-,43+,51-/m0/s1. The van der Waals surface area contributed by atoms with E-state index >= 15 is 0 Å². The van der Waals surface area contributed by atoms with Crippen LogP contribution in [0.25, 0.3) is 11.1 Å². The molecule has 9 atom stereocenters. The monoisotopic (exact) mass is 944 g/mol. The molecule has 1 heterocycles. The Labute approximate surface area is 403 Å². The van der Waals surface area contributed by atoms with Crippen molar-refractivity contribution >= 4 is 42.6 Å². The summed E-state index contributed by atoms with van der Waals surface area (Å²) in [7, 11) is -0.659. The van der Waals surface area contributed by atoms with Crippen molar-refractivity contribution in [2.45, 2.75) is 174 Å². The van der Waals surface area contributed by atoms with Crippen molar-refractivity contribution in [1.82, 2.24) is 26.6 Å². The van der Waals surface area contributed by atoms with Crippen molar-refractivity contribution in [3.63, 3.8) is 0 Å². The van der Waals surface area contributed by atoms with Crippen LogP contribution in [0, 0.1) is 17.3 Å². The molecule has 0 aromatic heterocycles. The minimum Gasteiger partial charge on any atom is -0.466 e. The Hall–Kier alpha value is -4.84. The molecule has 68 heavy (non-hydrogen) atoms. The maximum atomic E-state index is 14.0. The molecule has 4 aliphatic rings. The third kappa shape index (κ3) is 13.9. The second kappa shape index (κ2) is 25.1. The molecule has 17 heteroatoms. The van der Waals surface area contributed by atoms with Crippen LogP contribution in [-0.2, 0) is 44.4 Å². The van der Waals surface area contributed by atoms with Crippen LogP contribution in [0.15, 0.2) is 48.5 Å². The molecule has 5 amide bonds. The van der Waals surface area contributed by atoms with E-state index in [1.54, 1.807) is 19.1 Å². The number of unbranched alkanes of at least 4 members (excludes halogenated alkanes) is 3. The number of hydrogen-bond acceptors (Lipinski definition) is 11. The number of ether oxygens (including phenoxy) is 1. The van der Waals surface area contributed by atoms with Gasteiger partial charge in [-0.25, -0.2) is 0 Å². The summed E-state index contributed by atoms with van der Waals surface area (Å²) >= 11 is 0. The fourth-order valence-electron chi connectivity index (χ4n) is 10.0. The Morgan fingerprint density at radius 1 is 0.706 bits per heavy atom. The highest BCUT2D eigenvalue weighted by molar-refractivity contribution is 6.47. The predicted molar refractivity (Wildman–Crippen MR) is 263 cm³/mol. The maximum absolute atomic E-state index is 14.0. The Balaban J connectivity index is 1.22. The second-order valence-electron chi connectivity index (χ2n) is 19.8. The summed E-state index contributed by atoms with van der Waals surface area (Å²) in [6.45, 7) is 14.7. The SMILES string of the molecule is CCCCc1ccc(-c2ccc(C(=O)N[C@@H](CCCCN)C(=O)N[C@@H](CCC(=O)OCC)C(=O)N[C@@H](C)C(=O)N[C@@H](CCCCN)C(=O)N[C@@H](C)B3O[C@@H]4C[C@@H]5C[C@@H](C5(C)C)[C@]4(C)O3)cc2)cc1. The molecule has 2 aromatic carbocycles. The van der Waals surface area contributed by atoms with Gasteiger partial charge in [-0.3, -0.25) is 28.8 Å². The number of amides is 5. The first-order valence-electron chi connectivity index (χ1n) is 25.1. The largest absolute Gasteiger partial charge is 0.481 e. The number of aryl methyl sites for hydroxylation is 1. The Morgan fingerprint density at radius 3 is 1.85 bits per heavy atom. The molecule has 1 aliphatic heterocycles. The first-order valence-corrected chi connectivity index (χ1v) is 25.1. The minimum absolute atomic E-state index is 0.0626. The van der Waals surface area contributed by atoms with Gasteiger partial charge in [-0.2, -0.15) is 0 Å². The van der Waals surface area contributed by atoms with Crippen LogP contribution in [0.2, 0.25) is 0 Å². The molecule has 3 saturated carbocycles. The van der Waals surface area contributed by atoms with Crippen molar-refractivity contribution in [3.8, 4) is 11.1 Å². The van der Waals surface area contributed by atoms with Crippen molar-refractivity contribution < 1.29 is 42.8 Å². The zero-order chi connectivity index (χ0) is 49.6. The lowest BCUT2D eigenvalue weighted by Gasteiger charge is -2.64. The van der Waals surface area contributed by atoms with E-state index in [0.717, 1.165) is 43.2 Å². The zero-order valence-corrected chi connectivity index (χ0v) is 41.5. The highest BCUT2D eigenvalue weighted by Gasteiger charge is 2.68. The molecule has 0 unspecified atom stereocenters. The summed E-state index contributed by atoms with van der Waals surface area (Å²) in [5, 5.41) is 14.0. The van der Waals surface area contributed by atoms with Crippen LogP contribution >= 0.6 is 0 Å². The van der Waals surface area contributed by atoms with Gasteiger partial charge in [-0.05, 0) is 157 Å². The molecule has 3 aliphatic carbocycles. The quantitative estimate of drug-likeness (QED) is 0.0370. The van der Waals surface area contributed by atoms with Crippen molar-refractivity contribution in [1.29, 1.82) is 0 Å². The van der Waals surface area contributed by atoms with Crippen LogP contribution in [0.5, 0.6) is 0 Å². The van der Waals surface area contributed by atoms with E-state index < -0.39 is 78.3 Å². The molecule has 16 nitrogen and oxygen atoms in total. The lowest BCUT2D eigenvalue weighted by molar-refractivity contribution is -0.199. The molecule has 1 saturated heterocycles. The topological polar surface area (TPSA) is 242 Å². The minimum atomic E-state index is -1.29. The van der Waals surface area contributed by atoms with Crippen molar-refractivity contribution in [3.05, 3.63) is 59.7 Å². The van der Waals surface area contributed by atoms with Crippen LogP contribution in [-0.4, -0.2) is 104 Å².